The average molecular weight is 506 g/mol. The molecule has 0 saturated heterocycles. The summed E-state index contributed by atoms with van der Waals surface area (Å²) >= 11 is 0. The van der Waals surface area contributed by atoms with Crippen molar-refractivity contribution in [3.8, 4) is 5.69 Å². The smallest absolute Gasteiger partial charge is 0.318 e. The first kappa shape index (κ1) is 27.8. The van der Waals surface area contributed by atoms with Gasteiger partial charge in [0.05, 0.1) is 10.4 Å². The van der Waals surface area contributed by atoms with E-state index < -0.39 is 10.9 Å². The SMILES string of the molecule is CCCCCCCCCCC/C(=N\OC(C)=O)C(=O)c1cn(-c2ccc([N+](=O)[O-])cc2)c2ccccc12. The van der Waals surface area contributed by atoms with Crippen LogP contribution in [-0.4, -0.2) is 27.0 Å². The van der Waals surface area contributed by atoms with Crippen LogP contribution in [0.15, 0.2) is 59.9 Å². The Bertz CT molecular complexity index is 1240. The number of nitrogens with zero attached hydrogens (tertiary/aromatic N) is 3. The molecule has 196 valence electrons. The molecule has 0 aliphatic carbocycles. The summed E-state index contributed by atoms with van der Waals surface area (Å²) in [6.07, 6.45) is 12.5. The largest absolute Gasteiger partial charge is 0.331 e. The van der Waals surface area contributed by atoms with Crippen molar-refractivity contribution in [3.63, 3.8) is 0 Å². The fourth-order valence-corrected chi connectivity index (χ4v) is 4.39. The minimum atomic E-state index is -0.578. The summed E-state index contributed by atoms with van der Waals surface area (Å²) in [5.74, 6) is -0.872. The number of para-hydroxylation sites is 1. The summed E-state index contributed by atoms with van der Waals surface area (Å²) in [5.41, 5.74) is 2.13. The van der Waals surface area contributed by atoms with Gasteiger partial charge in [0.1, 0.15) is 5.71 Å². The molecule has 0 spiro atoms. The highest BCUT2D eigenvalue weighted by molar-refractivity contribution is 6.47. The van der Waals surface area contributed by atoms with Crippen molar-refractivity contribution in [1.29, 1.82) is 0 Å². The lowest BCUT2D eigenvalue weighted by Gasteiger charge is -2.06. The van der Waals surface area contributed by atoms with Gasteiger partial charge in [-0.25, -0.2) is 4.79 Å². The van der Waals surface area contributed by atoms with Gasteiger partial charge in [-0.3, -0.25) is 14.9 Å². The van der Waals surface area contributed by atoms with Crippen molar-refractivity contribution in [2.24, 2.45) is 5.16 Å². The van der Waals surface area contributed by atoms with Crippen LogP contribution < -0.4 is 0 Å². The summed E-state index contributed by atoms with van der Waals surface area (Å²) in [5, 5.41) is 15.7. The fourth-order valence-electron chi connectivity index (χ4n) is 4.39. The number of oxime groups is 1. The molecule has 2 aromatic carbocycles. The second-order valence-electron chi connectivity index (χ2n) is 9.23. The first-order valence-electron chi connectivity index (χ1n) is 13.1. The quantitative estimate of drug-likeness (QED) is 0.0529. The van der Waals surface area contributed by atoms with Gasteiger partial charge in [0.15, 0.2) is 0 Å². The van der Waals surface area contributed by atoms with Crippen molar-refractivity contribution in [3.05, 3.63) is 70.4 Å². The molecular weight excluding hydrogens is 470 g/mol. The first-order valence-corrected chi connectivity index (χ1v) is 13.1. The maximum atomic E-state index is 13.6. The van der Waals surface area contributed by atoms with E-state index in [4.69, 9.17) is 4.84 Å². The van der Waals surface area contributed by atoms with E-state index in [1.807, 2.05) is 28.8 Å². The Morgan fingerprint density at radius 3 is 2.16 bits per heavy atom. The zero-order chi connectivity index (χ0) is 26.6. The molecule has 37 heavy (non-hydrogen) atoms. The third-order valence-electron chi connectivity index (χ3n) is 6.36. The Balaban J connectivity index is 1.77. The number of carbonyl (C=O) groups excluding carboxylic acids is 2. The number of carbonyl (C=O) groups is 2. The van der Waals surface area contributed by atoms with Crippen molar-refractivity contribution >= 4 is 34.1 Å². The van der Waals surface area contributed by atoms with Crippen LogP contribution in [0.4, 0.5) is 5.69 Å². The standard InChI is InChI=1S/C29H35N3O5/c1-3-4-5-6-7-8-9-10-11-15-27(30-37-22(2)33)29(34)26-21-31(28-16-13-12-14-25(26)28)23-17-19-24(20-18-23)32(35)36/h12-14,16-21H,3-11,15H2,1-2H3/b30-27+. The van der Waals surface area contributed by atoms with E-state index in [0.717, 1.165) is 30.2 Å². The first-order chi connectivity index (χ1) is 17.9. The number of nitro benzene ring substituents is 1. The monoisotopic (exact) mass is 505 g/mol. The number of hydrogen-bond acceptors (Lipinski definition) is 6. The lowest BCUT2D eigenvalue weighted by molar-refractivity contribution is -0.384. The summed E-state index contributed by atoms with van der Waals surface area (Å²) in [4.78, 5) is 40.5. The molecule has 0 aliphatic rings. The summed E-state index contributed by atoms with van der Waals surface area (Å²) in [6.45, 7) is 3.47. The van der Waals surface area contributed by atoms with E-state index in [1.165, 1.54) is 57.6 Å². The average Bonchev–Trinajstić information content (AvgIpc) is 3.28. The number of rotatable bonds is 15. The van der Waals surface area contributed by atoms with Crippen LogP contribution in [0.5, 0.6) is 0 Å². The topological polar surface area (TPSA) is 104 Å². The zero-order valence-electron chi connectivity index (χ0n) is 21.7. The lowest BCUT2D eigenvalue weighted by Crippen LogP contribution is -2.15. The van der Waals surface area contributed by atoms with Crippen LogP contribution in [0.1, 0.15) is 88.4 Å². The molecule has 1 aromatic heterocycles. The number of nitro groups is 1. The molecule has 0 bridgehead atoms. The zero-order valence-corrected chi connectivity index (χ0v) is 21.7. The fraction of sp³-hybridized carbons (Fsp3) is 0.414. The number of benzene rings is 2. The van der Waals surface area contributed by atoms with E-state index in [9.17, 15) is 19.7 Å². The van der Waals surface area contributed by atoms with Gasteiger partial charge in [-0.05, 0) is 31.0 Å². The van der Waals surface area contributed by atoms with Crippen LogP contribution in [-0.2, 0) is 9.63 Å². The highest BCUT2D eigenvalue weighted by Gasteiger charge is 2.21. The van der Waals surface area contributed by atoms with Crippen molar-refractivity contribution < 1.29 is 19.3 Å². The highest BCUT2D eigenvalue weighted by Crippen LogP contribution is 2.27. The van der Waals surface area contributed by atoms with E-state index >= 15 is 0 Å². The Kier molecular flexibility index (Phi) is 10.6. The number of Topliss-reactive ketones (excluding diaryl/α,β-unsaturated/α-hetero) is 1. The predicted octanol–water partition coefficient (Wildman–Crippen LogP) is 7.56. The van der Waals surface area contributed by atoms with Crippen LogP contribution >= 0.6 is 0 Å². The maximum Gasteiger partial charge on any atom is 0.331 e. The van der Waals surface area contributed by atoms with Gasteiger partial charge >= 0.3 is 5.97 Å². The van der Waals surface area contributed by atoms with Gasteiger partial charge in [-0.15, -0.1) is 0 Å². The number of aromatic nitrogens is 1. The second-order valence-corrected chi connectivity index (χ2v) is 9.23. The molecular formula is C29H35N3O5. The molecule has 0 unspecified atom stereocenters. The molecule has 0 amide bonds. The molecule has 3 rings (SSSR count). The number of fused-ring (bicyclic) bond motifs is 1. The van der Waals surface area contributed by atoms with E-state index in [0.29, 0.717) is 17.7 Å². The summed E-state index contributed by atoms with van der Waals surface area (Å²) < 4.78 is 1.83. The molecule has 0 aliphatic heterocycles. The van der Waals surface area contributed by atoms with Gasteiger partial charge in [-0.1, -0.05) is 81.6 Å². The highest BCUT2D eigenvalue weighted by atomic mass is 16.7. The molecule has 0 saturated carbocycles. The summed E-state index contributed by atoms with van der Waals surface area (Å²) in [7, 11) is 0. The minimum absolute atomic E-state index is 0.00623. The Labute approximate surface area is 217 Å². The van der Waals surface area contributed by atoms with Gasteiger partial charge < -0.3 is 9.40 Å². The number of ketones is 1. The van der Waals surface area contributed by atoms with E-state index in [2.05, 4.69) is 12.1 Å². The molecule has 0 N–H and O–H groups in total. The van der Waals surface area contributed by atoms with Gasteiger partial charge in [0, 0.05) is 41.9 Å². The normalized spacial score (nSPS) is 11.6. The summed E-state index contributed by atoms with van der Waals surface area (Å²) in [6, 6.07) is 13.6. The molecule has 1 heterocycles. The van der Waals surface area contributed by atoms with Crippen molar-refractivity contribution in [2.45, 2.75) is 78.1 Å². The van der Waals surface area contributed by atoms with Gasteiger partial charge in [-0.2, -0.15) is 0 Å². The molecule has 0 atom stereocenters. The van der Waals surface area contributed by atoms with Gasteiger partial charge in [0.2, 0.25) is 5.78 Å². The van der Waals surface area contributed by atoms with Crippen LogP contribution in [0.3, 0.4) is 0 Å². The number of non-ortho nitro benzene ring substituents is 1. The maximum absolute atomic E-state index is 13.6. The van der Waals surface area contributed by atoms with Crippen LogP contribution in [0.2, 0.25) is 0 Å². The number of hydrogen-bond donors (Lipinski definition) is 0. The third kappa shape index (κ3) is 7.84. The van der Waals surface area contributed by atoms with Gasteiger partial charge in [0.25, 0.3) is 5.69 Å². The lowest BCUT2D eigenvalue weighted by atomic mass is 10.0. The molecule has 8 heteroatoms. The van der Waals surface area contributed by atoms with Crippen LogP contribution in [0.25, 0.3) is 16.6 Å². The van der Waals surface area contributed by atoms with Crippen molar-refractivity contribution in [2.75, 3.05) is 0 Å². The molecule has 0 radical (unpaired) electrons. The molecule has 3 aromatic rings. The Morgan fingerprint density at radius 1 is 0.919 bits per heavy atom. The third-order valence-corrected chi connectivity index (χ3v) is 6.36. The van der Waals surface area contributed by atoms with E-state index in [1.54, 1.807) is 18.3 Å². The Hall–Kier alpha value is -3.81. The minimum Gasteiger partial charge on any atom is -0.318 e. The second kappa shape index (κ2) is 14.1. The van der Waals surface area contributed by atoms with E-state index in [-0.39, 0.29) is 17.2 Å². The Morgan fingerprint density at radius 2 is 1.54 bits per heavy atom. The molecule has 8 nitrogen and oxygen atoms in total. The van der Waals surface area contributed by atoms with Crippen LogP contribution in [0, 0.1) is 10.1 Å². The predicted molar refractivity (Wildman–Crippen MR) is 145 cm³/mol. The molecule has 0 fully saturated rings. The van der Waals surface area contributed by atoms with Crippen molar-refractivity contribution in [1.82, 2.24) is 4.57 Å². The number of unbranched alkanes of at least 4 members (excludes halogenated alkanes) is 8.